The van der Waals surface area contributed by atoms with Crippen LogP contribution in [0.15, 0.2) is 0 Å². The fraction of sp³-hybridized carbons (Fsp3) is 1.00. The third kappa shape index (κ3) is 5.68. The molecule has 1 aliphatic rings. The summed E-state index contributed by atoms with van der Waals surface area (Å²) < 4.78 is 5.77. The van der Waals surface area contributed by atoms with Gasteiger partial charge in [0.25, 0.3) is 0 Å². The molecule has 20 heavy (non-hydrogen) atoms. The monoisotopic (exact) mass is 286 g/mol. The summed E-state index contributed by atoms with van der Waals surface area (Å²) >= 11 is 0. The van der Waals surface area contributed by atoms with Gasteiger partial charge in [-0.3, -0.25) is 4.90 Å². The summed E-state index contributed by atoms with van der Waals surface area (Å²) in [4.78, 5) is 2.50. The fourth-order valence-electron chi connectivity index (χ4n) is 3.14. The Kier molecular flexibility index (Phi) is 8.03. The molecule has 0 bridgehead atoms. The van der Waals surface area contributed by atoms with Crippen molar-refractivity contribution < 1.29 is 9.84 Å². The van der Waals surface area contributed by atoms with Crippen molar-refractivity contribution >= 4 is 0 Å². The van der Waals surface area contributed by atoms with Gasteiger partial charge in [-0.05, 0) is 52.6 Å². The molecule has 0 aromatic rings. The maximum absolute atomic E-state index is 9.73. The van der Waals surface area contributed by atoms with Gasteiger partial charge in [0.2, 0.25) is 0 Å². The second-order valence-electron chi connectivity index (χ2n) is 6.34. The molecule has 0 spiro atoms. The number of ether oxygens (including phenoxy) is 1. The lowest BCUT2D eigenvalue weighted by molar-refractivity contribution is -0.0686. The third-order valence-corrected chi connectivity index (χ3v) is 4.35. The van der Waals surface area contributed by atoms with Gasteiger partial charge in [0.1, 0.15) is 0 Å². The van der Waals surface area contributed by atoms with Crippen LogP contribution in [0.3, 0.4) is 0 Å². The second-order valence-corrected chi connectivity index (χ2v) is 6.34. The predicted octanol–water partition coefficient (Wildman–Crippen LogP) is 2.02. The largest absolute Gasteiger partial charge is 0.394 e. The Morgan fingerprint density at radius 2 is 1.90 bits per heavy atom. The molecule has 1 rings (SSSR count). The summed E-state index contributed by atoms with van der Waals surface area (Å²) in [5.74, 6) is 0. The maximum atomic E-state index is 9.73. The quantitative estimate of drug-likeness (QED) is 0.681. The lowest BCUT2D eigenvalue weighted by Crippen LogP contribution is -2.49. The average Bonchev–Trinajstić information content (AvgIpc) is 2.42. The zero-order valence-electron chi connectivity index (χ0n) is 13.8. The minimum Gasteiger partial charge on any atom is -0.394 e. The first-order valence-electron chi connectivity index (χ1n) is 8.29. The van der Waals surface area contributed by atoms with E-state index in [0.29, 0.717) is 12.2 Å². The number of nitrogens with zero attached hydrogens (tertiary/aromatic N) is 1. The van der Waals surface area contributed by atoms with Gasteiger partial charge in [-0.1, -0.05) is 13.8 Å². The number of hydrogen-bond donors (Lipinski definition) is 2. The van der Waals surface area contributed by atoms with Crippen molar-refractivity contribution in [3.05, 3.63) is 0 Å². The number of rotatable bonds is 9. The number of hydrogen-bond acceptors (Lipinski definition) is 4. The van der Waals surface area contributed by atoms with Crippen molar-refractivity contribution in [3.8, 4) is 0 Å². The lowest BCUT2D eigenvalue weighted by atomic mass is 9.91. The van der Waals surface area contributed by atoms with Gasteiger partial charge >= 0.3 is 0 Å². The Balaban J connectivity index is 2.36. The van der Waals surface area contributed by atoms with Crippen LogP contribution in [-0.2, 0) is 4.74 Å². The standard InChI is InChI=1S/C16H34N2O2/c1-5-9-17-16(6-2,13-19)8-7-10-18-11-14(3)20-15(4)12-18/h14-15,17,19H,5-13H2,1-4H3. The van der Waals surface area contributed by atoms with Crippen LogP contribution in [0.2, 0.25) is 0 Å². The van der Waals surface area contributed by atoms with Crippen LogP contribution in [0, 0.1) is 0 Å². The number of aliphatic hydroxyl groups excluding tert-OH is 1. The van der Waals surface area contributed by atoms with E-state index in [9.17, 15) is 5.11 Å². The van der Waals surface area contributed by atoms with E-state index in [1.165, 1.54) is 0 Å². The number of nitrogens with one attached hydrogen (secondary N) is 1. The van der Waals surface area contributed by atoms with E-state index in [-0.39, 0.29) is 12.1 Å². The van der Waals surface area contributed by atoms with Crippen molar-refractivity contribution in [2.45, 2.75) is 71.1 Å². The summed E-state index contributed by atoms with van der Waals surface area (Å²) in [6, 6.07) is 0. The van der Waals surface area contributed by atoms with Crippen LogP contribution in [-0.4, -0.2) is 60.5 Å². The van der Waals surface area contributed by atoms with Gasteiger partial charge in [-0.25, -0.2) is 0 Å². The van der Waals surface area contributed by atoms with E-state index in [1.807, 2.05) is 0 Å². The van der Waals surface area contributed by atoms with E-state index in [4.69, 9.17) is 4.74 Å². The Hall–Kier alpha value is -0.160. The van der Waals surface area contributed by atoms with Gasteiger partial charge < -0.3 is 15.2 Å². The number of morpholine rings is 1. The molecule has 2 N–H and O–H groups in total. The molecule has 0 saturated carbocycles. The first-order valence-corrected chi connectivity index (χ1v) is 8.29. The van der Waals surface area contributed by atoms with Crippen LogP contribution >= 0.6 is 0 Å². The van der Waals surface area contributed by atoms with Gasteiger partial charge in [-0.2, -0.15) is 0 Å². The third-order valence-electron chi connectivity index (χ3n) is 4.35. The highest BCUT2D eigenvalue weighted by molar-refractivity contribution is 4.86. The van der Waals surface area contributed by atoms with Crippen LogP contribution in [0.1, 0.15) is 53.4 Å². The van der Waals surface area contributed by atoms with Crippen LogP contribution in [0.5, 0.6) is 0 Å². The van der Waals surface area contributed by atoms with E-state index in [2.05, 4.69) is 37.9 Å². The Labute approximate surface area is 124 Å². The molecule has 1 aliphatic heterocycles. The molecule has 1 heterocycles. The molecule has 3 atom stereocenters. The van der Waals surface area contributed by atoms with Crippen molar-refractivity contribution in [2.24, 2.45) is 0 Å². The Bertz CT molecular complexity index is 247. The van der Waals surface area contributed by atoms with Crippen molar-refractivity contribution in [3.63, 3.8) is 0 Å². The first kappa shape index (κ1) is 17.9. The van der Waals surface area contributed by atoms with Crippen LogP contribution < -0.4 is 5.32 Å². The average molecular weight is 286 g/mol. The molecule has 0 aliphatic carbocycles. The molecule has 0 amide bonds. The van der Waals surface area contributed by atoms with Gasteiger partial charge in [-0.15, -0.1) is 0 Å². The molecular formula is C16H34N2O2. The van der Waals surface area contributed by atoms with Gasteiger partial charge in [0, 0.05) is 18.6 Å². The molecular weight excluding hydrogens is 252 g/mol. The molecule has 1 saturated heterocycles. The second kappa shape index (κ2) is 8.98. The van der Waals surface area contributed by atoms with Crippen LogP contribution in [0.25, 0.3) is 0 Å². The number of aliphatic hydroxyl groups is 1. The van der Waals surface area contributed by atoms with E-state index in [0.717, 1.165) is 51.9 Å². The van der Waals surface area contributed by atoms with E-state index >= 15 is 0 Å². The van der Waals surface area contributed by atoms with Crippen LogP contribution in [0.4, 0.5) is 0 Å². The van der Waals surface area contributed by atoms with Crippen molar-refractivity contribution in [1.29, 1.82) is 0 Å². The first-order chi connectivity index (χ1) is 9.55. The van der Waals surface area contributed by atoms with Gasteiger partial charge in [0.05, 0.1) is 18.8 Å². The maximum Gasteiger partial charge on any atom is 0.0678 e. The highest BCUT2D eigenvalue weighted by Gasteiger charge is 2.27. The predicted molar refractivity (Wildman–Crippen MR) is 84.1 cm³/mol. The minimum atomic E-state index is -0.0838. The molecule has 0 radical (unpaired) electrons. The summed E-state index contributed by atoms with van der Waals surface area (Å²) in [6.45, 7) is 13.0. The Morgan fingerprint density at radius 3 is 2.40 bits per heavy atom. The van der Waals surface area contributed by atoms with Crippen molar-refractivity contribution in [2.75, 3.05) is 32.8 Å². The normalized spacial score (nSPS) is 27.4. The smallest absolute Gasteiger partial charge is 0.0678 e. The summed E-state index contributed by atoms with van der Waals surface area (Å²) in [5, 5.41) is 13.3. The molecule has 0 aromatic carbocycles. The fourth-order valence-corrected chi connectivity index (χ4v) is 3.14. The molecule has 120 valence electrons. The zero-order valence-corrected chi connectivity index (χ0v) is 13.8. The molecule has 0 aromatic heterocycles. The molecule has 1 fully saturated rings. The zero-order chi connectivity index (χ0) is 15.0. The van der Waals surface area contributed by atoms with Gasteiger partial charge in [0.15, 0.2) is 0 Å². The SMILES string of the molecule is CCCNC(CC)(CO)CCCN1CC(C)OC(C)C1. The molecule has 3 unspecified atom stereocenters. The summed E-state index contributed by atoms with van der Waals surface area (Å²) in [6.07, 6.45) is 4.95. The van der Waals surface area contributed by atoms with E-state index in [1.54, 1.807) is 0 Å². The highest BCUT2D eigenvalue weighted by atomic mass is 16.5. The topological polar surface area (TPSA) is 44.7 Å². The summed E-state index contributed by atoms with van der Waals surface area (Å²) in [5.41, 5.74) is -0.0838. The Morgan fingerprint density at radius 1 is 1.25 bits per heavy atom. The molecule has 4 heteroatoms. The van der Waals surface area contributed by atoms with E-state index < -0.39 is 0 Å². The molecule has 4 nitrogen and oxygen atoms in total. The lowest BCUT2D eigenvalue weighted by Gasteiger charge is -2.37. The summed E-state index contributed by atoms with van der Waals surface area (Å²) in [7, 11) is 0. The highest BCUT2D eigenvalue weighted by Crippen LogP contribution is 2.19. The van der Waals surface area contributed by atoms with Crippen molar-refractivity contribution in [1.82, 2.24) is 10.2 Å². The minimum absolute atomic E-state index is 0.0838.